The summed E-state index contributed by atoms with van der Waals surface area (Å²) < 4.78 is 11.4. The van der Waals surface area contributed by atoms with E-state index < -0.39 is 10.8 Å². The standard InChI is InChI=1S/C9H18O2S/c1-4-5-6-12(11)9(3)7-8(2)10/h9H,4-7H2,1-3H3. The van der Waals surface area contributed by atoms with E-state index in [0.29, 0.717) is 6.42 Å². The lowest BCUT2D eigenvalue weighted by Crippen LogP contribution is -2.16. The van der Waals surface area contributed by atoms with Crippen LogP contribution in [0.1, 0.15) is 40.0 Å². The molecule has 0 aromatic heterocycles. The molecule has 2 unspecified atom stereocenters. The van der Waals surface area contributed by atoms with Gasteiger partial charge < -0.3 is 0 Å². The van der Waals surface area contributed by atoms with E-state index >= 15 is 0 Å². The van der Waals surface area contributed by atoms with Crippen molar-refractivity contribution in [3.8, 4) is 0 Å². The zero-order chi connectivity index (χ0) is 9.56. The van der Waals surface area contributed by atoms with Crippen LogP contribution in [0.4, 0.5) is 0 Å². The summed E-state index contributed by atoms with van der Waals surface area (Å²) in [7, 11) is -0.806. The summed E-state index contributed by atoms with van der Waals surface area (Å²) in [5, 5.41) is 0.0362. The molecule has 0 rings (SSSR count). The summed E-state index contributed by atoms with van der Waals surface area (Å²) in [6, 6.07) is 0. The Morgan fingerprint density at radius 1 is 1.50 bits per heavy atom. The Morgan fingerprint density at radius 3 is 2.50 bits per heavy atom. The van der Waals surface area contributed by atoms with Gasteiger partial charge in [0.1, 0.15) is 5.78 Å². The van der Waals surface area contributed by atoms with Crippen LogP contribution in [-0.2, 0) is 15.6 Å². The van der Waals surface area contributed by atoms with E-state index in [9.17, 15) is 9.00 Å². The summed E-state index contributed by atoms with van der Waals surface area (Å²) in [4.78, 5) is 10.7. The van der Waals surface area contributed by atoms with Crippen molar-refractivity contribution in [2.75, 3.05) is 5.75 Å². The molecule has 0 N–H and O–H groups in total. The smallest absolute Gasteiger partial charge is 0.131 e. The van der Waals surface area contributed by atoms with Crippen molar-refractivity contribution in [2.24, 2.45) is 0 Å². The van der Waals surface area contributed by atoms with E-state index in [1.54, 1.807) is 6.92 Å². The molecule has 0 spiro atoms. The van der Waals surface area contributed by atoms with Crippen LogP contribution in [0.3, 0.4) is 0 Å². The number of hydrogen-bond donors (Lipinski definition) is 0. The molecule has 72 valence electrons. The molecular formula is C9H18O2S. The van der Waals surface area contributed by atoms with Crippen LogP contribution in [-0.4, -0.2) is 21.0 Å². The summed E-state index contributed by atoms with van der Waals surface area (Å²) >= 11 is 0. The fraction of sp³-hybridized carbons (Fsp3) is 0.889. The van der Waals surface area contributed by atoms with Crippen molar-refractivity contribution in [3.63, 3.8) is 0 Å². The maximum Gasteiger partial charge on any atom is 0.131 e. The molecule has 0 heterocycles. The van der Waals surface area contributed by atoms with E-state index in [1.807, 2.05) is 6.92 Å². The fourth-order valence-corrected chi connectivity index (χ4v) is 2.38. The first-order chi connectivity index (χ1) is 5.57. The molecule has 0 amide bonds. The number of rotatable bonds is 6. The highest BCUT2D eigenvalue weighted by atomic mass is 32.2. The highest BCUT2D eigenvalue weighted by molar-refractivity contribution is 7.85. The van der Waals surface area contributed by atoms with Crippen molar-refractivity contribution < 1.29 is 9.00 Å². The molecular weight excluding hydrogens is 172 g/mol. The monoisotopic (exact) mass is 190 g/mol. The van der Waals surface area contributed by atoms with Gasteiger partial charge in [0.05, 0.1) is 0 Å². The summed E-state index contributed by atoms with van der Waals surface area (Å²) in [6.45, 7) is 5.51. The van der Waals surface area contributed by atoms with Crippen LogP contribution in [0.25, 0.3) is 0 Å². The predicted molar refractivity (Wildman–Crippen MR) is 52.7 cm³/mol. The van der Waals surface area contributed by atoms with Crippen LogP contribution in [0, 0.1) is 0 Å². The Hall–Kier alpha value is -0.180. The molecule has 0 saturated carbocycles. The Labute approximate surface area is 77.2 Å². The van der Waals surface area contributed by atoms with Crippen molar-refractivity contribution in [3.05, 3.63) is 0 Å². The van der Waals surface area contributed by atoms with Crippen LogP contribution in [0.2, 0.25) is 0 Å². The lowest BCUT2D eigenvalue weighted by molar-refractivity contribution is -0.116. The maximum absolute atomic E-state index is 11.4. The van der Waals surface area contributed by atoms with E-state index in [0.717, 1.165) is 18.6 Å². The van der Waals surface area contributed by atoms with Gasteiger partial charge in [0.15, 0.2) is 0 Å². The van der Waals surface area contributed by atoms with Crippen molar-refractivity contribution in [1.82, 2.24) is 0 Å². The molecule has 0 aromatic carbocycles. The minimum Gasteiger partial charge on any atom is -0.300 e. The minimum absolute atomic E-state index is 0.0362. The van der Waals surface area contributed by atoms with E-state index in [-0.39, 0.29) is 11.0 Å². The quantitative estimate of drug-likeness (QED) is 0.641. The molecule has 0 radical (unpaired) electrons. The average molecular weight is 190 g/mol. The number of unbranched alkanes of at least 4 members (excludes halogenated alkanes) is 1. The molecule has 2 atom stereocenters. The fourth-order valence-electron chi connectivity index (χ4n) is 0.986. The van der Waals surface area contributed by atoms with Gasteiger partial charge in [0.25, 0.3) is 0 Å². The first-order valence-electron chi connectivity index (χ1n) is 4.44. The number of carbonyl (C=O) groups is 1. The molecule has 0 aliphatic heterocycles. The minimum atomic E-state index is -0.806. The zero-order valence-electron chi connectivity index (χ0n) is 8.13. The SMILES string of the molecule is CCCCS(=O)C(C)CC(C)=O. The third-order valence-corrected chi connectivity index (χ3v) is 3.48. The van der Waals surface area contributed by atoms with E-state index in [1.165, 1.54) is 0 Å². The molecule has 0 fully saturated rings. The molecule has 0 bridgehead atoms. The van der Waals surface area contributed by atoms with Crippen LogP contribution >= 0.6 is 0 Å². The summed E-state index contributed by atoms with van der Waals surface area (Å²) in [5.41, 5.74) is 0. The average Bonchev–Trinajstić information content (AvgIpc) is 1.98. The van der Waals surface area contributed by atoms with Crippen molar-refractivity contribution in [2.45, 2.75) is 45.3 Å². The number of ketones is 1. The van der Waals surface area contributed by atoms with Crippen molar-refractivity contribution >= 4 is 16.6 Å². The highest BCUT2D eigenvalue weighted by Gasteiger charge is 2.11. The van der Waals surface area contributed by atoms with Gasteiger partial charge in [-0.2, -0.15) is 0 Å². The van der Waals surface area contributed by atoms with Gasteiger partial charge in [-0.15, -0.1) is 0 Å². The van der Waals surface area contributed by atoms with Gasteiger partial charge in [-0.25, -0.2) is 0 Å². The van der Waals surface area contributed by atoms with Gasteiger partial charge in [-0.1, -0.05) is 20.3 Å². The summed E-state index contributed by atoms with van der Waals surface area (Å²) in [5.74, 6) is 0.873. The lowest BCUT2D eigenvalue weighted by atomic mass is 10.2. The molecule has 0 aliphatic carbocycles. The molecule has 0 aromatic rings. The second-order valence-corrected chi connectivity index (χ2v) is 5.13. The van der Waals surface area contributed by atoms with Crippen LogP contribution in [0.5, 0.6) is 0 Å². The zero-order valence-corrected chi connectivity index (χ0v) is 8.95. The Bertz CT molecular complexity index is 166. The van der Waals surface area contributed by atoms with Gasteiger partial charge in [-0.05, 0) is 13.3 Å². The molecule has 0 aliphatic rings. The van der Waals surface area contributed by atoms with Gasteiger partial charge in [0, 0.05) is 28.2 Å². The third kappa shape index (κ3) is 5.47. The lowest BCUT2D eigenvalue weighted by Gasteiger charge is -2.08. The summed E-state index contributed by atoms with van der Waals surface area (Å²) in [6.07, 6.45) is 2.52. The number of Topliss-reactive ketones (excluding diaryl/α,β-unsaturated/α-hetero) is 1. The predicted octanol–water partition coefficient (Wildman–Crippen LogP) is 1.90. The largest absolute Gasteiger partial charge is 0.300 e. The normalized spacial score (nSPS) is 15.6. The first-order valence-corrected chi connectivity index (χ1v) is 5.82. The first kappa shape index (κ1) is 11.8. The van der Waals surface area contributed by atoms with Crippen LogP contribution in [0.15, 0.2) is 0 Å². The van der Waals surface area contributed by atoms with Gasteiger partial charge >= 0.3 is 0 Å². The number of carbonyl (C=O) groups excluding carboxylic acids is 1. The molecule has 0 saturated heterocycles. The maximum atomic E-state index is 11.4. The number of hydrogen-bond acceptors (Lipinski definition) is 2. The third-order valence-electron chi connectivity index (χ3n) is 1.72. The van der Waals surface area contributed by atoms with Crippen LogP contribution < -0.4 is 0 Å². The van der Waals surface area contributed by atoms with E-state index in [2.05, 4.69) is 6.92 Å². The van der Waals surface area contributed by atoms with Gasteiger partial charge in [0.2, 0.25) is 0 Å². The second kappa shape index (κ2) is 6.35. The molecule has 12 heavy (non-hydrogen) atoms. The van der Waals surface area contributed by atoms with Crippen molar-refractivity contribution in [1.29, 1.82) is 0 Å². The topological polar surface area (TPSA) is 34.1 Å². The highest BCUT2D eigenvalue weighted by Crippen LogP contribution is 2.04. The Kier molecular flexibility index (Phi) is 6.25. The van der Waals surface area contributed by atoms with E-state index in [4.69, 9.17) is 0 Å². The Morgan fingerprint density at radius 2 is 2.08 bits per heavy atom. The Balaban J connectivity index is 3.69. The molecule has 3 heteroatoms. The van der Waals surface area contributed by atoms with Gasteiger partial charge in [-0.3, -0.25) is 9.00 Å². The molecule has 2 nitrogen and oxygen atoms in total. The second-order valence-electron chi connectivity index (χ2n) is 3.16.